The summed E-state index contributed by atoms with van der Waals surface area (Å²) in [6, 6.07) is 7.96. The largest absolute Gasteiger partial charge is 0.461 e. The van der Waals surface area contributed by atoms with Crippen molar-refractivity contribution in [2.45, 2.75) is 32.0 Å². The highest BCUT2D eigenvalue weighted by molar-refractivity contribution is 7.18. The van der Waals surface area contributed by atoms with Crippen LogP contribution in [0.25, 0.3) is 10.2 Å². The quantitative estimate of drug-likeness (QED) is 0.808. The number of esters is 1. The molecule has 1 fully saturated rings. The number of benzene rings is 1. The first-order chi connectivity index (χ1) is 9.13. The van der Waals surface area contributed by atoms with Gasteiger partial charge < -0.3 is 4.74 Å². The second-order valence-corrected chi connectivity index (χ2v) is 6.10. The van der Waals surface area contributed by atoms with Crippen molar-refractivity contribution in [3.8, 4) is 0 Å². The fourth-order valence-electron chi connectivity index (χ4n) is 2.41. The van der Waals surface area contributed by atoms with Gasteiger partial charge in [-0.1, -0.05) is 12.1 Å². The third kappa shape index (κ3) is 2.48. The normalized spacial score (nSPS) is 23.2. The molecule has 0 N–H and O–H groups in total. The summed E-state index contributed by atoms with van der Waals surface area (Å²) < 4.78 is 6.38. The fraction of sp³-hybridized carbons (Fsp3) is 0.429. The van der Waals surface area contributed by atoms with Gasteiger partial charge in [0.1, 0.15) is 17.2 Å². The predicted molar refractivity (Wildman–Crippen MR) is 75.0 cm³/mol. The average molecular weight is 276 g/mol. The molecule has 2 heterocycles. The third-order valence-electron chi connectivity index (χ3n) is 3.40. The van der Waals surface area contributed by atoms with Gasteiger partial charge in [0, 0.05) is 6.42 Å². The monoisotopic (exact) mass is 276 g/mol. The number of hydrogen-bond donors (Lipinski definition) is 0. The highest BCUT2D eigenvalue weighted by Gasteiger charge is 2.34. The summed E-state index contributed by atoms with van der Waals surface area (Å²) in [5.74, 6) is -0.115. The molecule has 3 rings (SSSR count). The van der Waals surface area contributed by atoms with Crippen LogP contribution in [0.3, 0.4) is 0 Å². The van der Waals surface area contributed by atoms with Crippen LogP contribution in [0.15, 0.2) is 24.3 Å². The maximum atomic E-state index is 11.7. The Kier molecular flexibility index (Phi) is 3.24. The molecule has 1 aliphatic heterocycles. The van der Waals surface area contributed by atoms with Crippen LogP contribution in [0.2, 0.25) is 0 Å². The third-order valence-corrected chi connectivity index (χ3v) is 4.42. The van der Waals surface area contributed by atoms with Crippen LogP contribution in [-0.4, -0.2) is 35.0 Å². The number of carbonyl (C=O) groups is 1. The summed E-state index contributed by atoms with van der Waals surface area (Å²) in [6.45, 7) is 2.62. The molecule has 0 amide bonds. The molecule has 1 aromatic heterocycles. The van der Waals surface area contributed by atoms with Crippen LogP contribution < -0.4 is 0 Å². The zero-order chi connectivity index (χ0) is 13.4. The van der Waals surface area contributed by atoms with Gasteiger partial charge in [0.05, 0.1) is 16.8 Å². The van der Waals surface area contributed by atoms with Crippen molar-refractivity contribution in [3.63, 3.8) is 0 Å². The van der Waals surface area contributed by atoms with Crippen LogP contribution in [-0.2, 0) is 16.1 Å². The molecule has 0 spiro atoms. The van der Waals surface area contributed by atoms with Crippen molar-refractivity contribution in [1.29, 1.82) is 0 Å². The Morgan fingerprint density at radius 2 is 2.26 bits per heavy atom. The Balaban J connectivity index is 1.75. The number of rotatable bonds is 3. The highest BCUT2D eigenvalue weighted by atomic mass is 32.1. The van der Waals surface area contributed by atoms with Gasteiger partial charge in [-0.05, 0) is 26.1 Å². The van der Waals surface area contributed by atoms with Crippen molar-refractivity contribution in [1.82, 2.24) is 9.88 Å². The topological polar surface area (TPSA) is 42.4 Å². The molecule has 1 saturated heterocycles. The van der Waals surface area contributed by atoms with E-state index in [2.05, 4.69) is 11.1 Å². The van der Waals surface area contributed by atoms with Gasteiger partial charge in [0.2, 0.25) is 0 Å². The smallest absolute Gasteiger partial charge is 0.323 e. The van der Waals surface area contributed by atoms with Crippen molar-refractivity contribution in [2.24, 2.45) is 0 Å². The fourth-order valence-corrected chi connectivity index (χ4v) is 3.44. The number of cyclic esters (lactones) is 1. The lowest BCUT2D eigenvalue weighted by Gasteiger charge is -2.19. The number of ether oxygens (including phenoxy) is 1. The number of nitrogens with zero attached hydrogens (tertiary/aromatic N) is 2. The molecular weight excluding hydrogens is 260 g/mol. The molecule has 19 heavy (non-hydrogen) atoms. The van der Waals surface area contributed by atoms with E-state index in [0.29, 0.717) is 6.54 Å². The van der Waals surface area contributed by atoms with E-state index in [-0.39, 0.29) is 18.1 Å². The number of thiazole rings is 1. The first-order valence-electron chi connectivity index (χ1n) is 6.38. The van der Waals surface area contributed by atoms with Crippen molar-refractivity contribution in [2.75, 3.05) is 7.05 Å². The van der Waals surface area contributed by atoms with E-state index in [1.807, 2.05) is 37.1 Å². The van der Waals surface area contributed by atoms with Crippen molar-refractivity contribution >= 4 is 27.5 Å². The number of hydrogen-bond acceptors (Lipinski definition) is 5. The molecule has 5 heteroatoms. The molecule has 2 atom stereocenters. The Labute approximate surface area is 116 Å². The standard InChI is InChI=1S/C14H16N2O2S/c1-9-7-11(14(17)18-9)16(2)8-13-15-10-5-3-4-6-12(10)19-13/h3-6,9,11H,7-8H2,1-2H3/t9-,11-/m1/s1. The Bertz CT molecular complexity index is 577. The molecule has 100 valence electrons. The second kappa shape index (κ2) is 4.90. The molecule has 2 aromatic rings. The van der Waals surface area contributed by atoms with Gasteiger partial charge in [-0.25, -0.2) is 4.98 Å². The second-order valence-electron chi connectivity index (χ2n) is 4.99. The SMILES string of the molecule is C[C@@H]1C[C@@H](N(C)Cc2nc3ccccc3s2)C(=O)O1. The molecule has 0 radical (unpaired) electrons. The van der Waals surface area contributed by atoms with Crippen LogP contribution in [0.5, 0.6) is 0 Å². The van der Waals surface area contributed by atoms with Gasteiger partial charge in [-0.15, -0.1) is 11.3 Å². The number of fused-ring (bicyclic) bond motifs is 1. The molecule has 4 nitrogen and oxygen atoms in total. The van der Waals surface area contributed by atoms with E-state index >= 15 is 0 Å². The van der Waals surface area contributed by atoms with Gasteiger partial charge in [0.25, 0.3) is 0 Å². The van der Waals surface area contributed by atoms with Gasteiger partial charge in [0.15, 0.2) is 0 Å². The van der Waals surface area contributed by atoms with Crippen molar-refractivity contribution in [3.05, 3.63) is 29.3 Å². The minimum Gasteiger partial charge on any atom is -0.461 e. The minimum atomic E-state index is -0.137. The zero-order valence-electron chi connectivity index (χ0n) is 11.0. The maximum Gasteiger partial charge on any atom is 0.323 e. The van der Waals surface area contributed by atoms with Crippen LogP contribution in [0.4, 0.5) is 0 Å². The Morgan fingerprint density at radius 1 is 1.47 bits per heavy atom. The van der Waals surface area contributed by atoms with Gasteiger partial charge in [-0.3, -0.25) is 9.69 Å². The summed E-state index contributed by atoms with van der Waals surface area (Å²) in [4.78, 5) is 18.3. The van der Waals surface area contributed by atoms with E-state index < -0.39 is 0 Å². The lowest BCUT2D eigenvalue weighted by molar-refractivity contribution is -0.144. The summed E-state index contributed by atoms with van der Waals surface area (Å²) in [5, 5.41) is 1.04. The maximum absolute atomic E-state index is 11.7. The molecular formula is C14H16N2O2S. The summed E-state index contributed by atoms with van der Waals surface area (Å²) in [6.07, 6.45) is 0.788. The summed E-state index contributed by atoms with van der Waals surface area (Å²) in [7, 11) is 1.95. The van der Waals surface area contributed by atoms with Crippen LogP contribution in [0.1, 0.15) is 18.4 Å². The predicted octanol–water partition coefficient (Wildman–Crippen LogP) is 2.43. The molecule has 0 unspecified atom stereocenters. The van der Waals surface area contributed by atoms with E-state index in [1.165, 1.54) is 4.70 Å². The molecule has 0 bridgehead atoms. The number of para-hydroxylation sites is 1. The molecule has 1 aromatic carbocycles. The number of carbonyl (C=O) groups excluding carboxylic acids is 1. The highest BCUT2D eigenvalue weighted by Crippen LogP contribution is 2.25. The van der Waals surface area contributed by atoms with Gasteiger partial charge >= 0.3 is 5.97 Å². The lowest BCUT2D eigenvalue weighted by Crippen LogP contribution is -2.34. The van der Waals surface area contributed by atoms with Crippen molar-refractivity contribution < 1.29 is 9.53 Å². The number of aromatic nitrogens is 1. The lowest BCUT2D eigenvalue weighted by atomic mass is 10.1. The van der Waals surface area contributed by atoms with E-state index in [1.54, 1.807) is 11.3 Å². The summed E-state index contributed by atoms with van der Waals surface area (Å²) in [5.41, 5.74) is 1.03. The van der Waals surface area contributed by atoms with Crippen LogP contribution in [0, 0.1) is 0 Å². The molecule has 0 aliphatic carbocycles. The van der Waals surface area contributed by atoms with E-state index in [0.717, 1.165) is 16.9 Å². The van der Waals surface area contributed by atoms with E-state index in [4.69, 9.17) is 4.74 Å². The Hall–Kier alpha value is -1.46. The number of likely N-dealkylation sites (N-methyl/N-ethyl adjacent to an activating group) is 1. The first kappa shape index (κ1) is 12.6. The average Bonchev–Trinajstić information content (AvgIpc) is 2.91. The first-order valence-corrected chi connectivity index (χ1v) is 7.20. The Morgan fingerprint density at radius 3 is 2.95 bits per heavy atom. The van der Waals surface area contributed by atoms with Crippen LogP contribution >= 0.6 is 11.3 Å². The summed E-state index contributed by atoms with van der Waals surface area (Å²) >= 11 is 1.68. The van der Waals surface area contributed by atoms with E-state index in [9.17, 15) is 4.79 Å². The molecule has 1 aliphatic rings. The molecule has 0 saturated carbocycles. The minimum absolute atomic E-state index is 0.0234. The zero-order valence-corrected chi connectivity index (χ0v) is 11.8. The van der Waals surface area contributed by atoms with Gasteiger partial charge in [-0.2, -0.15) is 0 Å².